The second-order valence-corrected chi connectivity index (χ2v) is 18.1. The van der Waals surface area contributed by atoms with Crippen molar-refractivity contribution in [2.75, 3.05) is 59.7 Å². The quantitative estimate of drug-likeness (QED) is 0.0931. The number of imide groups is 1. The Bertz CT molecular complexity index is 3180. The van der Waals surface area contributed by atoms with E-state index in [1.54, 1.807) is 56.4 Å². The number of rotatable bonds is 20. The number of carbonyl (C=O) groups excluding carboxylic acids is 7. The second-order valence-electron chi connectivity index (χ2n) is 18.1. The summed E-state index contributed by atoms with van der Waals surface area (Å²) in [7, 11) is 7.99. The fourth-order valence-corrected chi connectivity index (χ4v) is 8.23. The molecule has 1 unspecified atom stereocenters. The molecule has 390 valence electrons. The topological polar surface area (TPSA) is 266 Å². The standard InChI is InChI=1S/C49H54F3N13O9/c1-59(23-30-8-11-33(12-9-30)64-24-34(43(58-64)44(53)70)55-45(71)35-28-74-47(56-35)31-17-19-54-32(22-31)16-18-49(50,51)52)25-40(67)61(3)27-42(69)62(4)26-41(68)60(2)20-6-7-29-10-13-36-38(21-29)63(5)48(73)65(36)37-14-15-39(66)57-46(37)72/h8-13,17,19,21-22,24,28,37H,6-7,14-16,18,20,23,25-27H2,1-5H3,(H2,53,70)(H,55,71)(H,57,66,72). The molecule has 7 amide bonds. The zero-order chi connectivity index (χ0) is 53.6. The van der Waals surface area contributed by atoms with Gasteiger partial charge in [-0.25, -0.2) is 14.5 Å². The molecule has 4 N–H and O–H groups in total. The normalized spacial score (nSPS) is 13.8. The summed E-state index contributed by atoms with van der Waals surface area (Å²) < 4.78 is 47.8. The summed E-state index contributed by atoms with van der Waals surface area (Å²) >= 11 is 0. The number of benzene rings is 2. The van der Waals surface area contributed by atoms with Gasteiger partial charge in [-0.2, -0.15) is 18.3 Å². The van der Waals surface area contributed by atoms with E-state index in [0.717, 1.165) is 17.4 Å². The second kappa shape index (κ2) is 22.5. The van der Waals surface area contributed by atoms with Crippen LogP contribution in [0.2, 0.25) is 0 Å². The molecular formula is C49H54F3N13O9. The molecule has 1 atom stereocenters. The fourth-order valence-electron chi connectivity index (χ4n) is 8.23. The first kappa shape index (κ1) is 53.3. The zero-order valence-electron chi connectivity index (χ0n) is 41.1. The summed E-state index contributed by atoms with van der Waals surface area (Å²) in [5.41, 5.74) is 8.65. The van der Waals surface area contributed by atoms with Crippen LogP contribution in [0.4, 0.5) is 18.9 Å². The lowest BCUT2D eigenvalue weighted by Gasteiger charge is -2.25. The lowest BCUT2D eigenvalue weighted by molar-refractivity contribution is -0.142. The molecule has 0 spiro atoms. The first-order valence-electron chi connectivity index (χ1n) is 23.3. The summed E-state index contributed by atoms with van der Waals surface area (Å²) in [5.74, 6) is -3.68. The molecule has 1 aliphatic heterocycles. The van der Waals surface area contributed by atoms with Crippen molar-refractivity contribution in [3.63, 3.8) is 0 Å². The predicted octanol–water partition coefficient (Wildman–Crippen LogP) is 2.84. The highest BCUT2D eigenvalue weighted by molar-refractivity contribution is 6.07. The molecule has 1 aliphatic rings. The Labute approximate surface area is 420 Å². The number of carbonyl (C=O) groups is 7. The lowest BCUT2D eigenvalue weighted by Crippen LogP contribution is -2.45. The molecule has 6 aromatic rings. The minimum atomic E-state index is -4.36. The van der Waals surface area contributed by atoms with Crippen molar-refractivity contribution in [2.45, 2.75) is 57.3 Å². The van der Waals surface area contributed by atoms with E-state index in [1.165, 1.54) is 67.1 Å². The van der Waals surface area contributed by atoms with Crippen molar-refractivity contribution < 1.29 is 51.2 Å². The number of oxazole rings is 1. The van der Waals surface area contributed by atoms with E-state index in [4.69, 9.17) is 10.2 Å². The van der Waals surface area contributed by atoms with E-state index in [-0.39, 0.29) is 91.0 Å². The lowest BCUT2D eigenvalue weighted by atomic mass is 10.1. The minimum Gasteiger partial charge on any atom is -0.444 e. The molecule has 25 heteroatoms. The number of aryl methyl sites for hydroxylation is 3. The van der Waals surface area contributed by atoms with Gasteiger partial charge < -0.3 is 30.2 Å². The summed E-state index contributed by atoms with van der Waals surface area (Å²) in [6.07, 6.45) is -0.487. The average molecular weight is 1030 g/mol. The first-order valence-corrected chi connectivity index (χ1v) is 23.3. The highest BCUT2D eigenvalue weighted by atomic mass is 19.4. The number of fused-ring (bicyclic) bond motifs is 1. The van der Waals surface area contributed by atoms with Crippen molar-refractivity contribution in [2.24, 2.45) is 12.8 Å². The van der Waals surface area contributed by atoms with Crippen LogP contribution in [0.1, 0.15) is 69.5 Å². The Kier molecular flexibility index (Phi) is 16.2. The highest BCUT2D eigenvalue weighted by Crippen LogP contribution is 2.27. The van der Waals surface area contributed by atoms with E-state index in [1.807, 2.05) is 12.1 Å². The van der Waals surface area contributed by atoms with E-state index >= 15 is 0 Å². The van der Waals surface area contributed by atoms with Crippen molar-refractivity contribution in [3.8, 4) is 17.1 Å². The molecule has 5 heterocycles. The number of halogens is 3. The Morgan fingerprint density at radius 2 is 1.54 bits per heavy atom. The highest BCUT2D eigenvalue weighted by Gasteiger charge is 2.32. The molecule has 0 radical (unpaired) electrons. The number of pyridine rings is 1. The number of hydrogen-bond acceptors (Lipinski definition) is 13. The number of nitrogens with zero attached hydrogens (tertiary/aromatic N) is 10. The Balaban J connectivity index is 0.847. The van der Waals surface area contributed by atoms with Crippen LogP contribution in [0.25, 0.3) is 28.2 Å². The number of amides is 7. The van der Waals surface area contributed by atoms with Gasteiger partial charge in [0.15, 0.2) is 11.4 Å². The number of nitrogens with one attached hydrogen (secondary N) is 2. The third-order valence-electron chi connectivity index (χ3n) is 12.4. The number of alkyl halides is 3. The van der Waals surface area contributed by atoms with Gasteiger partial charge >= 0.3 is 11.9 Å². The first-order chi connectivity index (χ1) is 35.0. The SMILES string of the molecule is CN(CC(=O)N(C)CC(=O)N(C)CC(=O)N(C)CCCc1ccc2c(c1)n(C)c(=O)n2C1CCC(=O)NC1=O)Cc1ccc(-n2cc(NC(=O)c3coc(-c4ccnc(CCC(F)(F)F)c4)n3)c(C(N)=O)n2)cc1. The monoisotopic (exact) mass is 1030 g/mol. The van der Waals surface area contributed by atoms with Crippen LogP contribution in [0.15, 0.2) is 82.5 Å². The Morgan fingerprint density at radius 1 is 0.865 bits per heavy atom. The van der Waals surface area contributed by atoms with Gasteiger partial charge in [0.25, 0.3) is 11.8 Å². The van der Waals surface area contributed by atoms with E-state index in [2.05, 4.69) is 25.7 Å². The smallest absolute Gasteiger partial charge is 0.389 e. The van der Waals surface area contributed by atoms with Crippen LogP contribution < -0.4 is 22.1 Å². The Morgan fingerprint density at radius 3 is 2.22 bits per heavy atom. The number of likely N-dealkylation sites (N-methyl/N-ethyl adjacent to an activating group) is 4. The van der Waals surface area contributed by atoms with Gasteiger partial charge in [0.1, 0.15) is 12.3 Å². The summed E-state index contributed by atoms with van der Waals surface area (Å²) in [4.78, 5) is 116. The fraction of sp³-hybridized carbons (Fsp3) is 0.367. The van der Waals surface area contributed by atoms with Crippen molar-refractivity contribution in [1.82, 2.24) is 53.8 Å². The van der Waals surface area contributed by atoms with Gasteiger partial charge in [-0.3, -0.25) is 57.9 Å². The molecule has 0 saturated carbocycles. The van der Waals surface area contributed by atoms with Gasteiger partial charge in [0.2, 0.25) is 35.4 Å². The van der Waals surface area contributed by atoms with Crippen molar-refractivity contribution in [1.29, 1.82) is 0 Å². The minimum absolute atomic E-state index is 0.0290. The number of anilines is 1. The van der Waals surface area contributed by atoms with Gasteiger partial charge in [0, 0.05) is 71.6 Å². The maximum atomic E-state index is 13.2. The number of imidazole rings is 1. The van der Waals surface area contributed by atoms with Crippen LogP contribution in [-0.2, 0) is 50.4 Å². The van der Waals surface area contributed by atoms with Gasteiger partial charge in [-0.05, 0) is 80.3 Å². The maximum absolute atomic E-state index is 13.2. The predicted molar refractivity (Wildman–Crippen MR) is 260 cm³/mol. The van der Waals surface area contributed by atoms with Gasteiger partial charge in [-0.1, -0.05) is 18.2 Å². The summed E-state index contributed by atoms with van der Waals surface area (Å²) in [6, 6.07) is 14.5. The molecule has 74 heavy (non-hydrogen) atoms. The van der Waals surface area contributed by atoms with E-state index < -0.39 is 42.3 Å². The Hall–Kier alpha value is -8.48. The summed E-state index contributed by atoms with van der Waals surface area (Å²) in [5, 5.41) is 9.09. The van der Waals surface area contributed by atoms with Gasteiger partial charge in [0.05, 0.1) is 48.2 Å². The van der Waals surface area contributed by atoms with Crippen LogP contribution in [0, 0.1) is 0 Å². The molecule has 7 rings (SSSR count). The molecule has 0 aliphatic carbocycles. The number of primary amides is 1. The molecule has 2 aromatic carbocycles. The van der Waals surface area contributed by atoms with E-state index in [9.17, 15) is 51.5 Å². The summed E-state index contributed by atoms with van der Waals surface area (Å²) in [6.45, 7) is 0.233. The zero-order valence-corrected chi connectivity index (χ0v) is 41.1. The third kappa shape index (κ3) is 12.9. The molecule has 1 saturated heterocycles. The number of hydrogen-bond donors (Lipinski definition) is 3. The number of nitrogens with two attached hydrogens (primary N) is 1. The van der Waals surface area contributed by atoms with Crippen LogP contribution >= 0.6 is 0 Å². The van der Waals surface area contributed by atoms with Crippen LogP contribution in [0.5, 0.6) is 0 Å². The third-order valence-corrected chi connectivity index (χ3v) is 12.4. The van der Waals surface area contributed by atoms with Gasteiger partial charge in [-0.15, -0.1) is 0 Å². The van der Waals surface area contributed by atoms with E-state index in [0.29, 0.717) is 48.2 Å². The molecular weight excluding hydrogens is 972 g/mol. The van der Waals surface area contributed by atoms with Crippen LogP contribution in [-0.4, -0.2) is 150 Å². The molecule has 0 bridgehead atoms. The molecule has 4 aromatic heterocycles. The van der Waals surface area contributed by atoms with Crippen LogP contribution in [0.3, 0.4) is 0 Å². The largest absolute Gasteiger partial charge is 0.444 e. The maximum Gasteiger partial charge on any atom is 0.389 e. The van der Waals surface area contributed by atoms with Crippen molar-refractivity contribution >= 4 is 58.1 Å². The van der Waals surface area contributed by atoms with Crippen molar-refractivity contribution in [3.05, 3.63) is 112 Å². The number of aromatic nitrogens is 6. The molecule has 22 nitrogen and oxygen atoms in total. The average Bonchev–Trinajstić information content (AvgIpc) is 4.08. The molecule has 1 fully saturated rings. The number of piperidine rings is 1.